The number of nitrogens with one attached hydrogen (secondary N) is 1. The van der Waals surface area contributed by atoms with Gasteiger partial charge in [0.1, 0.15) is 5.60 Å². The average Bonchev–Trinajstić information content (AvgIpc) is 2.65. The van der Waals surface area contributed by atoms with Gasteiger partial charge in [0.25, 0.3) is 0 Å². The third kappa shape index (κ3) is 4.13. The maximum absolute atomic E-state index is 12.8. The first-order valence-electron chi connectivity index (χ1n) is 8.30. The molecule has 0 aliphatic heterocycles. The zero-order valence-corrected chi connectivity index (χ0v) is 14.5. The predicted molar refractivity (Wildman–Crippen MR) is 97.0 cm³/mol. The van der Waals surface area contributed by atoms with Crippen molar-refractivity contribution in [2.45, 2.75) is 38.0 Å². The lowest BCUT2D eigenvalue weighted by atomic mass is 9.78. The Morgan fingerprint density at radius 1 is 1.08 bits per heavy atom. The number of ketones is 1. The molecule has 2 rings (SSSR count). The Balaban J connectivity index is 2.43. The fraction of sp³-hybridized carbons (Fsp3) is 0.300. The molecule has 5 nitrogen and oxygen atoms in total. The smallest absolute Gasteiger partial charge is 0.217 e. The molecule has 0 bridgehead atoms. The molecule has 25 heavy (non-hydrogen) atoms. The molecule has 4 N–H and O–H groups in total. The van der Waals surface area contributed by atoms with Crippen LogP contribution in [0, 0.1) is 0 Å². The maximum atomic E-state index is 12.8. The summed E-state index contributed by atoms with van der Waals surface area (Å²) in [6.45, 7) is 3.13. The summed E-state index contributed by atoms with van der Waals surface area (Å²) >= 11 is 0. The molecule has 0 fully saturated rings. The molecule has 0 aliphatic carbocycles. The largest absolute Gasteiger partial charge is 0.383 e. The van der Waals surface area contributed by atoms with Gasteiger partial charge in [-0.1, -0.05) is 67.6 Å². The first-order chi connectivity index (χ1) is 11.9. The van der Waals surface area contributed by atoms with Gasteiger partial charge in [0.15, 0.2) is 5.78 Å². The summed E-state index contributed by atoms with van der Waals surface area (Å²) in [5.41, 5.74) is 5.80. The minimum Gasteiger partial charge on any atom is -0.383 e. The van der Waals surface area contributed by atoms with Crippen LogP contribution in [0.3, 0.4) is 0 Å². The second-order valence-corrected chi connectivity index (χ2v) is 6.08. The lowest BCUT2D eigenvalue weighted by Crippen LogP contribution is -2.61. The molecule has 0 spiro atoms. The second kappa shape index (κ2) is 8.05. The van der Waals surface area contributed by atoms with E-state index in [1.165, 1.54) is 6.92 Å². The molecule has 0 heterocycles. The minimum atomic E-state index is -1.46. The minimum absolute atomic E-state index is 0.289. The molecule has 0 aliphatic rings. The van der Waals surface area contributed by atoms with Gasteiger partial charge in [0.05, 0.1) is 12.1 Å². The van der Waals surface area contributed by atoms with Crippen molar-refractivity contribution in [3.63, 3.8) is 0 Å². The van der Waals surface area contributed by atoms with Crippen molar-refractivity contribution in [1.29, 1.82) is 0 Å². The van der Waals surface area contributed by atoms with Crippen LogP contribution in [0.1, 0.15) is 36.2 Å². The van der Waals surface area contributed by atoms with Crippen LogP contribution in [0.2, 0.25) is 0 Å². The highest BCUT2D eigenvalue weighted by atomic mass is 16.3. The van der Waals surface area contributed by atoms with E-state index in [0.717, 1.165) is 0 Å². The summed E-state index contributed by atoms with van der Waals surface area (Å²) in [4.78, 5) is 24.5. The second-order valence-electron chi connectivity index (χ2n) is 6.08. The molecule has 5 heteroatoms. The number of hydrogen-bond donors (Lipinski definition) is 3. The van der Waals surface area contributed by atoms with E-state index < -0.39 is 17.7 Å². The topological polar surface area (TPSA) is 92.4 Å². The summed E-state index contributed by atoms with van der Waals surface area (Å²) < 4.78 is 0. The van der Waals surface area contributed by atoms with Crippen molar-refractivity contribution in [2.75, 3.05) is 0 Å². The van der Waals surface area contributed by atoms with E-state index >= 15 is 0 Å². The summed E-state index contributed by atoms with van der Waals surface area (Å²) in [5, 5.41) is 14.0. The molecule has 2 aromatic carbocycles. The van der Waals surface area contributed by atoms with Crippen molar-refractivity contribution in [3.05, 3.63) is 71.8 Å². The Bertz CT molecular complexity index is 718. The lowest BCUT2D eigenvalue weighted by Gasteiger charge is -2.39. The standard InChI is InChI=1S/C20H24N2O3/c1-3-20(25,16-12-8-5-9-13-16)19(22-14(2)23)17(21)18(24)15-10-6-4-7-11-15/h4-13,17,19,25H,3,21H2,1-2H3,(H,22,23). The average molecular weight is 340 g/mol. The van der Waals surface area contributed by atoms with Crippen LogP contribution >= 0.6 is 0 Å². The number of hydrogen-bond acceptors (Lipinski definition) is 4. The van der Waals surface area contributed by atoms with E-state index in [4.69, 9.17) is 5.73 Å². The van der Waals surface area contributed by atoms with Crippen LogP contribution in [0.4, 0.5) is 0 Å². The highest BCUT2D eigenvalue weighted by Gasteiger charge is 2.43. The number of nitrogens with two attached hydrogens (primary N) is 1. The van der Waals surface area contributed by atoms with Crippen molar-refractivity contribution in [1.82, 2.24) is 5.32 Å². The number of aliphatic hydroxyl groups is 1. The molecule has 0 aromatic heterocycles. The van der Waals surface area contributed by atoms with Gasteiger partial charge in [-0.25, -0.2) is 0 Å². The van der Waals surface area contributed by atoms with Crippen molar-refractivity contribution < 1.29 is 14.7 Å². The first kappa shape index (κ1) is 18.8. The molecule has 3 atom stereocenters. The van der Waals surface area contributed by atoms with Gasteiger partial charge in [0.2, 0.25) is 5.91 Å². The fourth-order valence-corrected chi connectivity index (χ4v) is 3.00. The lowest BCUT2D eigenvalue weighted by molar-refractivity contribution is -0.122. The highest BCUT2D eigenvalue weighted by molar-refractivity contribution is 6.00. The molecule has 2 aromatic rings. The van der Waals surface area contributed by atoms with E-state index in [9.17, 15) is 14.7 Å². The molecular formula is C20H24N2O3. The van der Waals surface area contributed by atoms with E-state index in [1.807, 2.05) is 6.07 Å². The van der Waals surface area contributed by atoms with Crippen LogP contribution in [0.15, 0.2) is 60.7 Å². The van der Waals surface area contributed by atoms with Crippen LogP contribution in [0.5, 0.6) is 0 Å². The summed E-state index contributed by atoms with van der Waals surface area (Å²) in [6.07, 6.45) is 0.289. The maximum Gasteiger partial charge on any atom is 0.217 e. The predicted octanol–water partition coefficient (Wildman–Crippen LogP) is 2.00. The fourth-order valence-electron chi connectivity index (χ4n) is 3.00. The van der Waals surface area contributed by atoms with Crippen LogP contribution in [-0.4, -0.2) is 28.9 Å². The Morgan fingerprint density at radius 3 is 2.08 bits per heavy atom. The molecule has 0 saturated carbocycles. The number of rotatable bonds is 7. The van der Waals surface area contributed by atoms with Crippen molar-refractivity contribution in [2.24, 2.45) is 5.73 Å². The zero-order valence-electron chi connectivity index (χ0n) is 14.5. The molecule has 132 valence electrons. The number of carbonyl (C=O) groups excluding carboxylic acids is 2. The zero-order chi connectivity index (χ0) is 18.4. The highest BCUT2D eigenvalue weighted by Crippen LogP contribution is 2.31. The molecule has 0 saturated heterocycles. The van der Waals surface area contributed by atoms with Crippen LogP contribution in [-0.2, 0) is 10.4 Å². The number of amides is 1. The van der Waals surface area contributed by atoms with Gasteiger partial charge in [0, 0.05) is 12.5 Å². The SMILES string of the molecule is CCC(O)(c1ccccc1)C(NC(C)=O)C(N)C(=O)c1ccccc1. The molecule has 0 radical (unpaired) electrons. The Kier molecular flexibility index (Phi) is 6.07. The Labute approximate surface area is 147 Å². The quantitative estimate of drug-likeness (QED) is 0.672. The molecule has 1 amide bonds. The first-order valence-corrected chi connectivity index (χ1v) is 8.30. The van der Waals surface area contributed by atoms with Crippen molar-refractivity contribution in [3.8, 4) is 0 Å². The molecule has 3 unspecified atom stereocenters. The van der Waals surface area contributed by atoms with Gasteiger partial charge >= 0.3 is 0 Å². The monoisotopic (exact) mass is 340 g/mol. The van der Waals surface area contributed by atoms with Gasteiger partial charge < -0.3 is 16.2 Å². The van der Waals surface area contributed by atoms with E-state index in [1.54, 1.807) is 61.5 Å². The number of benzene rings is 2. The third-order valence-electron chi connectivity index (χ3n) is 4.41. The van der Waals surface area contributed by atoms with Crippen LogP contribution in [0.25, 0.3) is 0 Å². The Hall–Kier alpha value is -2.50. The summed E-state index contributed by atoms with van der Waals surface area (Å²) in [6, 6.07) is 15.5. The van der Waals surface area contributed by atoms with Crippen molar-refractivity contribution >= 4 is 11.7 Å². The summed E-state index contributed by atoms with van der Waals surface area (Å²) in [7, 11) is 0. The van der Waals surface area contributed by atoms with Gasteiger partial charge in [-0.3, -0.25) is 9.59 Å². The van der Waals surface area contributed by atoms with Gasteiger partial charge in [-0.15, -0.1) is 0 Å². The Morgan fingerprint density at radius 2 is 1.60 bits per heavy atom. The third-order valence-corrected chi connectivity index (χ3v) is 4.41. The normalized spacial score (nSPS) is 15.7. The van der Waals surface area contributed by atoms with E-state index in [2.05, 4.69) is 5.32 Å². The number of carbonyl (C=O) groups is 2. The van der Waals surface area contributed by atoms with Gasteiger partial charge in [-0.05, 0) is 12.0 Å². The van der Waals surface area contributed by atoms with E-state index in [0.29, 0.717) is 11.1 Å². The van der Waals surface area contributed by atoms with E-state index in [-0.39, 0.29) is 18.1 Å². The molecular weight excluding hydrogens is 316 g/mol. The van der Waals surface area contributed by atoms with Gasteiger partial charge in [-0.2, -0.15) is 0 Å². The summed E-state index contributed by atoms with van der Waals surface area (Å²) in [5.74, 6) is -0.689. The number of Topliss-reactive ketones (excluding diaryl/α,β-unsaturated/α-hetero) is 1. The van der Waals surface area contributed by atoms with Crippen LogP contribution < -0.4 is 11.1 Å².